The van der Waals surface area contributed by atoms with E-state index in [-0.39, 0.29) is 23.7 Å². The van der Waals surface area contributed by atoms with E-state index in [4.69, 9.17) is 4.74 Å². The molecule has 1 aliphatic rings. The van der Waals surface area contributed by atoms with Gasteiger partial charge in [-0.15, -0.1) is 0 Å². The van der Waals surface area contributed by atoms with E-state index >= 15 is 0 Å². The van der Waals surface area contributed by atoms with Crippen LogP contribution in [0.5, 0.6) is 0 Å². The van der Waals surface area contributed by atoms with Crippen molar-refractivity contribution in [3.05, 3.63) is 35.9 Å². The van der Waals surface area contributed by atoms with Crippen LogP contribution in [-0.2, 0) is 19.1 Å². The van der Waals surface area contributed by atoms with E-state index in [0.717, 1.165) is 18.4 Å². The summed E-state index contributed by atoms with van der Waals surface area (Å²) in [6.07, 6.45) is 4.81. The van der Waals surface area contributed by atoms with Crippen LogP contribution in [0.2, 0.25) is 0 Å². The van der Waals surface area contributed by atoms with Gasteiger partial charge in [-0.1, -0.05) is 12.1 Å². The Labute approximate surface area is 147 Å². The molecule has 134 valence electrons. The Morgan fingerprint density at radius 2 is 2.00 bits per heavy atom. The van der Waals surface area contributed by atoms with Crippen LogP contribution in [0.1, 0.15) is 32.3 Å². The van der Waals surface area contributed by atoms with Crippen molar-refractivity contribution in [1.29, 1.82) is 0 Å². The molecule has 1 aromatic rings. The molecule has 1 fully saturated rings. The van der Waals surface area contributed by atoms with Gasteiger partial charge in [-0.3, -0.25) is 14.4 Å². The summed E-state index contributed by atoms with van der Waals surface area (Å²) >= 11 is 0. The van der Waals surface area contributed by atoms with Gasteiger partial charge in [-0.25, -0.2) is 0 Å². The Morgan fingerprint density at radius 3 is 2.64 bits per heavy atom. The third-order valence-electron chi connectivity index (χ3n) is 4.00. The summed E-state index contributed by atoms with van der Waals surface area (Å²) in [6, 6.07) is 7.21. The normalized spacial score (nSPS) is 17.4. The molecule has 0 bridgehead atoms. The van der Waals surface area contributed by atoms with Gasteiger partial charge in [-0.2, -0.15) is 0 Å². The molecule has 0 aliphatic carbocycles. The Morgan fingerprint density at radius 1 is 1.28 bits per heavy atom. The average molecular weight is 344 g/mol. The van der Waals surface area contributed by atoms with Gasteiger partial charge < -0.3 is 15.0 Å². The van der Waals surface area contributed by atoms with Crippen molar-refractivity contribution < 1.29 is 19.1 Å². The number of rotatable bonds is 5. The van der Waals surface area contributed by atoms with Crippen LogP contribution in [0, 0.1) is 5.92 Å². The maximum atomic E-state index is 12.3. The molecule has 2 amide bonds. The minimum atomic E-state index is -0.233. The zero-order valence-electron chi connectivity index (χ0n) is 14.7. The van der Waals surface area contributed by atoms with E-state index in [1.165, 1.54) is 13.0 Å². The molecule has 1 aliphatic heterocycles. The van der Waals surface area contributed by atoms with Crippen molar-refractivity contribution in [3.8, 4) is 0 Å². The predicted molar refractivity (Wildman–Crippen MR) is 95.7 cm³/mol. The SMILES string of the molecule is CCOC(=O)C1CCCN(C(=O)/C=C/c2ccc(NC(C)=O)cc2)C1. The standard InChI is InChI=1S/C19H24N2O4/c1-3-25-19(24)16-5-4-12-21(13-16)18(23)11-8-15-6-9-17(10-7-15)20-14(2)22/h6-11,16H,3-5,12-13H2,1-2H3,(H,20,22)/b11-8+. The van der Waals surface area contributed by atoms with Crippen LogP contribution in [0.25, 0.3) is 6.08 Å². The summed E-state index contributed by atoms with van der Waals surface area (Å²) in [5.41, 5.74) is 1.57. The number of nitrogens with one attached hydrogen (secondary N) is 1. The summed E-state index contributed by atoms with van der Waals surface area (Å²) in [5, 5.41) is 2.69. The molecule has 1 heterocycles. The molecule has 1 aromatic carbocycles. The zero-order valence-corrected chi connectivity index (χ0v) is 14.7. The van der Waals surface area contributed by atoms with Gasteiger partial charge in [0, 0.05) is 31.8 Å². The molecule has 6 heteroatoms. The summed E-state index contributed by atoms with van der Waals surface area (Å²) in [4.78, 5) is 36.9. The first-order chi connectivity index (χ1) is 12.0. The molecule has 0 saturated carbocycles. The lowest BCUT2D eigenvalue weighted by Gasteiger charge is -2.30. The highest BCUT2D eigenvalue weighted by molar-refractivity contribution is 5.92. The fourth-order valence-electron chi connectivity index (χ4n) is 2.78. The van der Waals surface area contributed by atoms with Crippen LogP contribution in [0.4, 0.5) is 5.69 Å². The summed E-state index contributed by atoms with van der Waals surface area (Å²) in [5.74, 6) is -0.694. The molecule has 6 nitrogen and oxygen atoms in total. The number of amides is 2. The monoisotopic (exact) mass is 344 g/mol. The predicted octanol–water partition coefficient (Wildman–Crippen LogP) is 2.46. The van der Waals surface area contributed by atoms with E-state index < -0.39 is 0 Å². The largest absolute Gasteiger partial charge is 0.466 e. The number of nitrogens with zero attached hydrogens (tertiary/aromatic N) is 1. The van der Waals surface area contributed by atoms with E-state index in [0.29, 0.717) is 25.4 Å². The molecule has 0 spiro atoms. The molecular formula is C19H24N2O4. The van der Waals surface area contributed by atoms with Crippen LogP contribution < -0.4 is 5.32 Å². The molecule has 2 rings (SSSR count). The lowest BCUT2D eigenvalue weighted by Crippen LogP contribution is -2.42. The second kappa shape index (κ2) is 9.01. The Balaban J connectivity index is 1.93. The molecular weight excluding hydrogens is 320 g/mol. The van der Waals surface area contributed by atoms with Gasteiger partial charge in [0.2, 0.25) is 11.8 Å². The van der Waals surface area contributed by atoms with Gasteiger partial charge in [0.1, 0.15) is 0 Å². The fourth-order valence-corrected chi connectivity index (χ4v) is 2.78. The minimum absolute atomic E-state index is 0.111. The summed E-state index contributed by atoms with van der Waals surface area (Å²) < 4.78 is 5.05. The number of piperidine rings is 1. The number of likely N-dealkylation sites (tertiary alicyclic amines) is 1. The molecule has 0 aromatic heterocycles. The number of esters is 1. The van der Waals surface area contributed by atoms with Crippen LogP contribution >= 0.6 is 0 Å². The highest BCUT2D eigenvalue weighted by Gasteiger charge is 2.28. The Kier molecular flexibility index (Phi) is 6.74. The lowest BCUT2D eigenvalue weighted by molar-refractivity contribution is -0.150. The summed E-state index contributed by atoms with van der Waals surface area (Å²) in [7, 11) is 0. The molecule has 1 atom stereocenters. The molecule has 1 N–H and O–H groups in total. The number of ether oxygens (including phenoxy) is 1. The number of hydrogen-bond acceptors (Lipinski definition) is 4. The van der Waals surface area contributed by atoms with Crippen molar-refractivity contribution in [1.82, 2.24) is 4.90 Å². The number of hydrogen-bond donors (Lipinski definition) is 1. The van der Waals surface area contributed by atoms with Crippen molar-refractivity contribution in [3.63, 3.8) is 0 Å². The molecule has 1 saturated heterocycles. The average Bonchev–Trinajstić information content (AvgIpc) is 2.60. The molecule has 25 heavy (non-hydrogen) atoms. The highest BCUT2D eigenvalue weighted by atomic mass is 16.5. The van der Waals surface area contributed by atoms with E-state index in [2.05, 4.69) is 5.32 Å². The highest BCUT2D eigenvalue weighted by Crippen LogP contribution is 2.18. The van der Waals surface area contributed by atoms with E-state index in [1.54, 1.807) is 30.0 Å². The van der Waals surface area contributed by atoms with Crippen molar-refractivity contribution in [2.45, 2.75) is 26.7 Å². The number of carbonyl (C=O) groups excluding carboxylic acids is 3. The van der Waals surface area contributed by atoms with E-state index in [1.807, 2.05) is 12.1 Å². The van der Waals surface area contributed by atoms with Crippen molar-refractivity contribution in [2.24, 2.45) is 5.92 Å². The second-order valence-electron chi connectivity index (χ2n) is 6.01. The van der Waals surface area contributed by atoms with Crippen LogP contribution in [0.15, 0.2) is 30.3 Å². The third-order valence-corrected chi connectivity index (χ3v) is 4.00. The fraction of sp³-hybridized carbons (Fsp3) is 0.421. The van der Waals surface area contributed by atoms with Crippen molar-refractivity contribution >= 4 is 29.5 Å². The zero-order chi connectivity index (χ0) is 18.2. The van der Waals surface area contributed by atoms with Gasteiger partial charge in [0.15, 0.2) is 0 Å². The first kappa shape index (κ1) is 18.7. The number of anilines is 1. The Bertz CT molecular complexity index is 652. The first-order valence-electron chi connectivity index (χ1n) is 8.51. The van der Waals surface area contributed by atoms with Gasteiger partial charge in [0.05, 0.1) is 12.5 Å². The first-order valence-corrected chi connectivity index (χ1v) is 8.51. The van der Waals surface area contributed by atoms with Crippen LogP contribution in [0.3, 0.4) is 0 Å². The van der Waals surface area contributed by atoms with E-state index in [9.17, 15) is 14.4 Å². The third kappa shape index (κ3) is 5.74. The minimum Gasteiger partial charge on any atom is -0.466 e. The number of benzene rings is 1. The lowest BCUT2D eigenvalue weighted by atomic mass is 9.98. The smallest absolute Gasteiger partial charge is 0.310 e. The quantitative estimate of drug-likeness (QED) is 0.658. The van der Waals surface area contributed by atoms with Crippen LogP contribution in [-0.4, -0.2) is 42.4 Å². The summed E-state index contributed by atoms with van der Waals surface area (Å²) in [6.45, 7) is 4.65. The number of carbonyl (C=O) groups is 3. The van der Waals surface area contributed by atoms with Crippen molar-refractivity contribution in [2.75, 3.05) is 25.0 Å². The maximum Gasteiger partial charge on any atom is 0.310 e. The maximum absolute atomic E-state index is 12.3. The Hall–Kier alpha value is -2.63. The molecule has 0 radical (unpaired) electrons. The van der Waals surface area contributed by atoms with Gasteiger partial charge in [0.25, 0.3) is 0 Å². The second-order valence-corrected chi connectivity index (χ2v) is 6.01. The topological polar surface area (TPSA) is 75.7 Å². The molecule has 1 unspecified atom stereocenters. The van der Waals surface area contributed by atoms with Gasteiger partial charge >= 0.3 is 5.97 Å². The van der Waals surface area contributed by atoms with Gasteiger partial charge in [-0.05, 0) is 43.5 Å².